The monoisotopic (exact) mass is 337 g/mol. The number of carboxylic acids is 1. The van der Waals surface area contributed by atoms with Gasteiger partial charge in [0, 0.05) is 18.0 Å². The molecule has 0 spiro atoms. The second kappa shape index (κ2) is 7.11. The summed E-state index contributed by atoms with van der Waals surface area (Å²) in [5, 5.41) is 9.87. The minimum atomic E-state index is -2.92. The van der Waals surface area contributed by atoms with E-state index in [9.17, 15) is 13.6 Å². The Balaban J connectivity index is 2.43. The first-order chi connectivity index (χ1) is 11.2. The topological polar surface area (TPSA) is 59.4 Å². The zero-order valence-electron chi connectivity index (χ0n) is 13.9. The summed E-state index contributed by atoms with van der Waals surface area (Å²) in [7, 11) is 0. The number of halogens is 2. The van der Waals surface area contributed by atoms with Gasteiger partial charge in [0.25, 0.3) is 0 Å². The van der Waals surface area contributed by atoms with Gasteiger partial charge in [-0.25, -0.2) is 0 Å². The van der Waals surface area contributed by atoms with E-state index in [0.29, 0.717) is 17.3 Å². The van der Waals surface area contributed by atoms with Crippen molar-refractivity contribution in [3.63, 3.8) is 0 Å². The molecule has 0 saturated heterocycles. The van der Waals surface area contributed by atoms with E-state index < -0.39 is 12.6 Å². The van der Waals surface area contributed by atoms with Crippen LogP contribution in [0, 0.1) is 11.3 Å². The van der Waals surface area contributed by atoms with E-state index in [1.54, 1.807) is 18.2 Å². The number of alkyl halides is 2. The third kappa shape index (κ3) is 4.40. The Kier molecular flexibility index (Phi) is 5.36. The van der Waals surface area contributed by atoms with Crippen LogP contribution in [0.15, 0.2) is 30.5 Å². The lowest BCUT2D eigenvalue weighted by Gasteiger charge is -2.30. The minimum absolute atomic E-state index is 0.0230. The molecule has 1 N–H and O–H groups in total. The van der Waals surface area contributed by atoms with Gasteiger partial charge in [0.1, 0.15) is 5.52 Å². The lowest BCUT2D eigenvalue weighted by atomic mass is 9.75. The molecule has 0 aliphatic carbocycles. The highest BCUT2D eigenvalue weighted by atomic mass is 19.3. The van der Waals surface area contributed by atoms with Gasteiger partial charge < -0.3 is 9.84 Å². The Hall–Kier alpha value is -2.24. The summed E-state index contributed by atoms with van der Waals surface area (Å²) in [5.74, 6) is -0.926. The van der Waals surface area contributed by atoms with Crippen LogP contribution in [0.5, 0.6) is 5.75 Å². The fourth-order valence-corrected chi connectivity index (χ4v) is 2.74. The van der Waals surface area contributed by atoms with E-state index in [1.165, 1.54) is 12.3 Å². The Morgan fingerprint density at radius 2 is 2.00 bits per heavy atom. The van der Waals surface area contributed by atoms with Crippen LogP contribution in [-0.2, 0) is 11.2 Å². The smallest absolute Gasteiger partial charge is 0.387 e. The molecule has 0 aliphatic heterocycles. The molecule has 24 heavy (non-hydrogen) atoms. The van der Waals surface area contributed by atoms with Crippen molar-refractivity contribution in [1.29, 1.82) is 0 Å². The minimum Gasteiger partial charge on any atom is -0.481 e. The Morgan fingerprint density at radius 1 is 1.29 bits per heavy atom. The Labute approximate surface area is 139 Å². The molecule has 2 rings (SSSR count). The van der Waals surface area contributed by atoms with E-state index in [-0.39, 0.29) is 23.5 Å². The van der Waals surface area contributed by atoms with Crippen LogP contribution in [0.25, 0.3) is 10.9 Å². The van der Waals surface area contributed by atoms with Crippen molar-refractivity contribution < 1.29 is 23.4 Å². The summed E-state index contributed by atoms with van der Waals surface area (Å²) < 4.78 is 29.6. The zero-order valence-corrected chi connectivity index (χ0v) is 13.9. The molecule has 0 amide bonds. The highest BCUT2D eigenvalue weighted by molar-refractivity contribution is 5.87. The second-order valence-electron chi connectivity index (χ2n) is 6.87. The van der Waals surface area contributed by atoms with Crippen LogP contribution in [0.4, 0.5) is 8.78 Å². The molecule has 0 radical (unpaired) electrons. The van der Waals surface area contributed by atoms with Crippen molar-refractivity contribution in [2.24, 2.45) is 11.3 Å². The third-order valence-corrected chi connectivity index (χ3v) is 4.15. The number of aliphatic carboxylic acids is 1. The van der Waals surface area contributed by atoms with Crippen molar-refractivity contribution in [2.45, 2.75) is 40.2 Å². The quantitative estimate of drug-likeness (QED) is 0.842. The van der Waals surface area contributed by atoms with Gasteiger partial charge in [0.05, 0.1) is 0 Å². The molecule has 0 bridgehead atoms. The van der Waals surface area contributed by atoms with Crippen LogP contribution in [0.3, 0.4) is 0 Å². The van der Waals surface area contributed by atoms with E-state index >= 15 is 0 Å². The van der Waals surface area contributed by atoms with Gasteiger partial charge in [-0.05, 0) is 35.4 Å². The van der Waals surface area contributed by atoms with Crippen LogP contribution >= 0.6 is 0 Å². The molecular formula is C18H21F2NO3. The second-order valence-corrected chi connectivity index (χ2v) is 6.87. The SMILES string of the molecule is CC(C)(C)C(CC(=O)O)Cc1ccc(OC(F)F)c2ncccc12. The highest BCUT2D eigenvalue weighted by Gasteiger charge is 2.28. The van der Waals surface area contributed by atoms with Crippen LogP contribution < -0.4 is 4.74 Å². The number of carbonyl (C=O) groups is 1. The first-order valence-corrected chi connectivity index (χ1v) is 7.71. The maximum atomic E-state index is 12.5. The molecule has 4 nitrogen and oxygen atoms in total. The zero-order chi connectivity index (χ0) is 17.9. The Bertz CT molecular complexity index is 726. The maximum absolute atomic E-state index is 12.5. The molecule has 1 atom stereocenters. The number of ether oxygens (including phenoxy) is 1. The molecule has 1 unspecified atom stereocenters. The number of hydrogen-bond donors (Lipinski definition) is 1. The van der Waals surface area contributed by atoms with Gasteiger partial charge in [-0.2, -0.15) is 8.78 Å². The third-order valence-electron chi connectivity index (χ3n) is 4.15. The Morgan fingerprint density at radius 3 is 2.58 bits per heavy atom. The lowest BCUT2D eigenvalue weighted by Crippen LogP contribution is -2.25. The number of carboxylic acid groups (broad SMARTS) is 1. The average molecular weight is 337 g/mol. The van der Waals surface area contributed by atoms with Crippen molar-refractivity contribution >= 4 is 16.9 Å². The van der Waals surface area contributed by atoms with E-state index in [2.05, 4.69) is 9.72 Å². The van der Waals surface area contributed by atoms with Crippen LogP contribution in [0.2, 0.25) is 0 Å². The fraction of sp³-hybridized carbons (Fsp3) is 0.444. The normalized spacial score (nSPS) is 13.2. The number of aromatic nitrogens is 1. The van der Waals surface area contributed by atoms with Gasteiger partial charge >= 0.3 is 12.6 Å². The van der Waals surface area contributed by atoms with Gasteiger partial charge in [-0.1, -0.05) is 32.9 Å². The lowest BCUT2D eigenvalue weighted by molar-refractivity contribution is -0.139. The van der Waals surface area contributed by atoms with Gasteiger partial charge in [0.2, 0.25) is 0 Å². The molecule has 130 valence electrons. The van der Waals surface area contributed by atoms with Gasteiger partial charge in [-0.15, -0.1) is 0 Å². The molecule has 0 saturated carbocycles. The highest BCUT2D eigenvalue weighted by Crippen LogP contribution is 2.35. The first kappa shape index (κ1) is 18.1. The van der Waals surface area contributed by atoms with E-state index in [1.807, 2.05) is 20.8 Å². The summed E-state index contributed by atoms with van der Waals surface area (Å²) in [6.07, 6.45) is 2.08. The molecule has 1 aromatic carbocycles. The van der Waals surface area contributed by atoms with Crippen LogP contribution in [-0.4, -0.2) is 22.7 Å². The number of nitrogens with zero attached hydrogens (tertiary/aromatic N) is 1. The molecule has 1 aromatic heterocycles. The van der Waals surface area contributed by atoms with Gasteiger partial charge in [0.15, 0.2) is 5.75 Å². The summed E-state index contributed by atoms with van der Waals surface area (Å²) in [6.45, 7) is 3.07. The molecule has 6 heteroatoms. The predicted molar refractivity (Wildman–Crippen MR) is 87.3 cm³/mol. The van der Waals surface area contributed by atoms with Crippen LogP contribution in [0.1, 0.15) is 32.8 Å². The first-order valence-electron chi connectivity index (χ1n) is 7.71. The molecule has 0 aliphatic rings. The molecular weight excluding hydrogens is 316 g/mol. The van der Waals surface area contributed by atoms with Crippen molar-refractivity contribution in [1.82, 2.24) is 4.98 Å². The van der Waals surface area contributed by atoms with Crippen molar-refractivity contribution in [2.75, 3.05) is 0 Å². The summed E-state index contributed by atoms with van der Waals surface area (Å²) in [5.41, 5.74) is 1.03. The van der Waals surface area contributed by atoms with Crippen molar-refractivity contribution in [3.8, 4) is 5.75 Å². The summed E-state index contributed by atoms with van der Waals surface area (Å²) >= 11 is 0. The largest absolute Gasteiger partial charge is 0.481 e. The molecule has 0 fully saturated rings. The van der Waals surface area contributed by atoms with Crippen molar-refractivity contribution in [3.05, 3.63) is 36.0 Å². The summed E-state index contributed by atoms with van der Waals surface area (Å²) in [6, 6.07) is 6.69. The number of rotatable bonds is 6. The fourth-order valence-electron chi connectivity index (χ4n) is 2.74. The number of benzene rings is 1. The number of fused-ring (bicyclic) bond motifs is 1. The number of pyridine rings is 1. The van der Waals surface area contributed by atoms with Gasteiger partial charge in [-0.3, -0.25) is 9.78 Å². The molecule has 1 heterocycles. The standard InChI is InChI=1S/C18H21F2NO3/c1-18(2,3)12(10-15(22)23)9-11-6-7-14(24-17(19)20)16-13(11)5-4-8-21-16/h4-8,12,17H,9-10H2,1-3H3,(H,22,23). The van der Waals surface area contributed by atoms with E-state index in [4.69, 9.17) is 5.11 Å². The predicted octanol–water partition coefficient (Wildman–Crippen LogP) is 4.52. The van der Waals surface area contributed by atoms with E-state index in [0.717, 1.165) is 5.56 Å². The molecule has 2 aromatic rings. The maximum Gasteiger partial charge on any atom is 0.387 e. The summed E-state index contributed by atoms with van der Waals surface area (Å²) in [4.78, 5) is 15.3. The average Bonchev–Trinajstić information content (AvgIpc) is 2.47. The number of hydrogen-bond acceptors (Lipinski definition) is 3.